The highest BCUT2D eigenvalue weighted by atomic mass is 16.4. The van der Waals surface area contributed by atoms with Gasteiger partial charge in [0.25, 0.3) is 0 Å². The molecule has 0 aliphatic heterocycles. The maximum Gasteiger partial charge on any atom is 0.170 e. The number of aryl methyl sites for hydroxylation is 1. The molecule has 2 aromatic rings. The van der Waals surface area contributed by atoms with Crippen molar-refractivity contribution in [3.8, 4) is 0 Å². The van der Waals surface area contributed by atoms with Gasteiger partial charge in [-0.2, -0.15) is 5.10 Å². The summed E-state index contributed by atoms with van der Waals surface area (Å²) in [7, 11) is 1.94. The van der Waals surface area contributed by atoms with Gasteiger partial charge in [-0.15, -0.1) is 5.10 Å². The third-order valence-electron chi connectivity index (χ3n) is 2.92. The van der Waals surface area contributed by atoms with E-state index in [0.29, 0.717) is 12.1 Å². The normalized spacial score (nSPS) is 11.4. The Morgan fingerprint density at radius 2 is 2.20 bits per heavy atom. The summed E-state index contributed by atoms with van der Waals surface area (Å²) in [6.07, 6.45) is 1.72. The fourth-order valence-electron chi connectivity index (χ4n) is 1.88. The molecular weight excluding hydrogens is 254 g/mol. The number of aromatic nitrogens is 2. The van der Waals surface area contributed by atoms with E-state index in [4.69, 9.17) is 10.9 Å². The summed E-state index contributed by atoms with van der Waals surface area (Å²) in [5, 5.41) is 19.8. The smallest absolute Gasteiger partial charge is 0.170 e. The molecule has 0 aliphatic rings. The van der Waals surface area contributed by atoms with Crippen molar-refractivity contribution < 1.29 is 5.21 Å². The molecule has 0 aliphatic carbocycles. The highest BCUT2D eigenvalue weighted by molar-refractivity contribution is 5.97. The predicted octanol–water partition coefficient (Wildman–Crippen LogP) is 1.52. The lowest BCUT2D eigenvalue weighted by Gasteiger charge is -2.18. The van der Waals surface area contributed by atoms with E-state index in [9.17, 15) is 0 Å². The van der Waals surface area contributed by atoms with E-state index in [-0.39, 0.29) is 5.84 Å². The molecule has 20 heavy (non-hydrogen) atoms. The molecule has 104 valence electrons. The first-order valence-corrected chi connectivity index (χ1v) is 6.17. The van der Waals surface area contributed by atoms with E-state index >= 15 is 0 Å². The first kappa shape index (κ1) is 13.8. The minimum absolute atomic E-state index is 0.102. The van der Waals surface area contributed by atoms with Crippen LogP contribution >= 0.6 is 0 Å². The van der Waals surface area contributed by atoms with E-state index in [1.165, 1.54) is 0 Å². The minimum atomic E-state index is 0.102. The molecule has 0 saturated carbocycles. The third-order valence-corrected chi connectivity index (χ3v) is 2.92. The molecule has 0 amide bonds. The summed E-state index contributed by atoms with van der Waals surface area (Å²) < 4.78 is 0. The average Bonchev–Trinajstić information content (AvgIpc) is 2.46. The lowest BCUT2D eigenvalue weighted by Crippen LogP contribution is -2.19. The topological polar surface area (TPSA) is 87.6 Å². The number of hydrogen-bond donors (Lipinski definition) is 2. The van der Waals surface area contributed by atoms with Crippen LogP contribution in [0.4, 0.5) is 5.82 Å². The zero-order valence-electron chi connectivity index (χ0n) is 11.5. The Morgan fingerprint density at radius 1 is 1.40 bits per heavy atom. The van der Waals surface area contributed by atoms with Gasteiger partial charge in [-0.1, -0.05) is 23.4 Å². The van der Waals surface area contributed by atoms with Crippen LogP contribution in [-0.4, -0.2) is 28.3 Å². The van der Waals surface area contributed by atoms with Crippen LogP contribution in [-0.2, 0) is 6.54 Å². The van der Waals surface area contributed by atoms with Crippen LogP contribution in [0.15, 0.2) is 41.7 Å². The maximum atomic E-state index is 8.70. The largest absolute Gasteiger partial charge is 0.409 e. The van der Waals surface area contributed by atoms with Crippen molar-refractivity contribution in [3.63, 3.8) is 0 Å². The number of amidine groups is 1. The molecule has 0 bridgehead atoms. The Labute approximate surface area is 117 Å². The second-order valence-electron chi connectivity index (χ2n) is 4.63. The third kappa shape index (κ3) is 3.23. The van der Waals surface area contributed by atoms with Gasteiger partial charge < -0.3 is 15.8 Å². The molecule has 2 rings (SSSR count). The van der Waals surface area contributed by atoms with Crippen molar-refractivity contribution in [1.29, 1.82) is 0 Å². The van der Waals surface area contributed by atoms with Crippen LogP contribution in [0.2, 0.25) is 0 Å². The monoisotopic (exact) mass is 271 g/mol. The number of nitrogens with zero attached hydrogens (tertiary/aromatic N) is 4. The standard InChI is InChI=1S/C14H17N5O/c1-10-6-13(17-16-8-10)19(2)9-11-4-3-5-12(7-11)14(15)18-20/h3-8,20H,9H2,1-2H3,(H2,15,18). The van der Waals surface area contributed by atoms with Crippen LogP contribution < -0.4 is 10.6 Å². The number of oxime groups is 1. The van der Waals surface area contributed by atoms with Crippen molar-refractivity contribution >= 4 is 11.7 Å². The minimum Gasteiger partial charge on any atom is -0.409 e. The van der Waals surface area contributed by atoms with Gasteiger partial charge in [0.15, 0.2) is 11.7 Å². The summed E-state index contributed by atoms with van der Waals surface area (Å²) in [5.41, 5.74) is 8.38. The molecule has 1 aromatic carbocycles. The molecule has 6 nitrogen and oxygen atoms in total. The number of hydrogen-bond acceptors (Lipinski definition) is 5. The fraction of sp³-hybridized carbons (Fsp3) is 0.214. The number of benzene rings is 1. The number of anilines is 1. The fourth-order valence-corrected chi connectivity index (χ4v) is 1.88. The van der Waals surface area contributed by atoms with Gasteiger partial charge >= 0.3 is 0 Å². The Morgan fingerprint density at radius 3 is 2.90 bits per heavy atom. The molecule has 0 radical (unpaired) electrons. The molecule has 0 unspecified atom stereocenters. The van der Waals surface area contributed by atoms with Gasteiger partial charge in [0, 0.05) is 19.2 Å². The van der Waals surface area contributed by atoms with Crippen molar-refractivity contribution in [1.82, 2.24) is 10.2 Å². The first-order valence-electron chi connectivity index (χ1n) is 6.17. The van der Waals surface area contributed by atoms with E-state index in [1.54, 1.807) is 12.3 Å². The SMILES string of the molecule is Cc1cnnc(N(C)Cc2cccc(/C(N)=N/O)c2)c1. The zero-order valence-corrected chi connectivity index (χ0v) is 11.5. The van der Waals surface area contributed by atoms with E-state index in [0.717, 1.165) is 16.9 Å². The average molecular weight is 271 g/mol. The van der Waals surface area contributed by atoms with Gasteiger partial charge in [0.2, 0.25) is 0 Å². The Balaban J connectivity index is 2.17. The summed E-state index contributed by atoms with van der Waals surface area (Å²) >= 11 is 0. The number of nitrogens with two attached hydrogens (primary N) is 1. The van der Waals surface area contributed by atoms with Crippen LogP contribution in [0.3, 0.4) is 0 Å². The highest BCUT2D eigenvalue weighted by Gasteiger charge is 2.06. The van der Waals surface area contributed by atoms with Crippen molar-refractivity contribution in [2.75, 3.05) is 11.9 Å². The Hall–Kier alpha value is -2.63. The van der Waals surface area contributed by atoms with E-state index < -0.39 is 0 Å². The predicted molar refractivity (Wildman–Crippen MR) is 77.8 cm³/mol. The van der Waals surface area contributed by atoms with Crippen molar-refractivity contribution in [3.05, 3.63) is 53.2 Å². The second-order valence-corrected chi connectivity index (χ2v) is 4.63. The summed E-state index contributed by atoms with van der Waals surface area (Å²) in [4.78, 5) is 1.99. The highest BCUT2D eigenvalue weighted by Crippen LogP contribution is 2.14. The van der Waals surface area contributed by atoms with Gasteiger partial charge in [0.1, 0.15) is 0 Å². The molecule has 0 fully saturated rings. The molecular formula is C14H17N5O. The molecule has 0 saturated heterocycles. The van der Waals surface area contributed by atoms with Crippen LogP contribution in [0, 0.1) is 6.92 Å². The van der Waals surface area contributed by atoms with Gasteiger partial charge in [-0.3, -0.25) is 0 Å². The lowest BCUT2D eigenvalue weighted by molar-refractivity contribution is 0.318. The summed E-state index contributed by atoms with van der Waals surface area (Å²) in [6, 6.07) is 9.51. The Bertz CT molecular complexity index is 626. The van der Waals surface area contributed by atoms with Gasteiger partial charge in [-0.05, 0) is 30.2 Å². The van der Waals surface area contributed by atoms with Gasteiger partial charge in [-0.25, -0.2) is 0 Å². The van der Waals surface area contributed by atoms with Crippen LogP contribution in [0.25, 0.3) is 0 Å². The quantitative estimate of drug-likeness (QED) is 0.381. The lowest BCUT2D eigenvalue weighted by atomic mass is 10.1. The maximum absolute atomic E-state index is 8.70. The molecule has 6 heteroatoms. The second kappa shape index (κ2) is 6.01. The van der Waals surface area contributed by atoms with Crippen LogP contribution in [0.5, 0.6) is 0 Å². The summed E-state index contributed by atoms with van der Waals surface area (Å²) in [6.45, 7) is 2.63. The van der Waals surface area contributed by atoms with Crippen molar-refractivity contribution in [2.45, 2.75) is 13.5 Å². The Kier molecular flexibility index (Phi) is 4.14. The molecule has 1 aromatic heterocycles. The molecule has 0 atom stereocenters. The zero-order chi connectivity index (χ0) is 14.5. The molecule has 0 spiro atoms. The summed E-state index contributed by atoms with van der Waals surface area (Å²) in [5.74, 6) is 0.907. The molecule has 1 heterocycles. The van der Waals surface area contributed by atoms with E-state index in [1.807, 2.05) is 43.1 Å². The van der Waals surface area contributed by atoms with Crippen LogP contribution in [0.1, 0.15) is 16.7 Å². The van der Waals surface area contributed by atoms with E-state index in [2.05, 4.69) is 15.4 Å². The van der Waals surface area contributed by atoms with Crippen molar-refractivity contribution in [2.24, 2.45) is 10.9 Å². The molecule has 3 N–H and O–H groups in total. The van der Waals surface area contributed by atoms with Gasteiger partial charge in [0.05, 0.1) is 6.20 Å². The first-order chi connectivity index (χ1) is 9.60. The number of rotatable bonds is 4.